The van der Waals surface area contributed by atoms with Crippen molar-refractivity contribution in [2.24, 2.45) is 0 Å². The smallest absolute Gasteiger partial charge is 0.179 e. The molecule has 82 valence electrons. The Morgan fingerprint density at radius 3 is 2.53 bits per heavy atom. The number of nitrogens with one attached hydrogen (secondary N) is 1. The van der Waals surface area contributed by atoms with Crippen molar-refractivity contribution < 1.29 is 13.6 Å². The molecular formula is C11H13F2NO. The summed E-state index contributed by atoms with van der Waals surface area (Å²) in [7, 11) is 1.58. The summed E-state index contributed by atoms with van der Waals surface area (Å²) in [4.78, 5) is 11.5. The van der Waals surface area contributed by atoms with Crippen molar-refractivity contribution >= 4 is 5.78 Å². The third-order valence-electron chi connectivity index (χ3n) is 2.26. The van der Waals surface area contributed by atoms with Crippen molar-refractivity contribution in [1.29, 1.82) is 0 Å². The molecule has 0 atom stereocenters. The number of benzene rings is 1. The molecule has 4 heteroatoms. The number of carbonyl (C=O) groups excluding carboxylic acids is 1. The standard InChI is InChI=1S/C11H13F2NO/c1-6-4-8(12)7(2)10(11(6)13)9(15)5-14-3/h4,14H,5H2,1-3H3. The van der Waals surface area contributed by atoms with Crippen LogP contribution in [0.5, 0.6) is 0 Å². The van der Waals surface area contributed by atoms with Gasteiger partial charge in [-0.15, -0.1) is 0 Å². The maximum Gasteiger partial charge on any atom is 0.179 e. The van der Waals surface area contributed by atoms with Gasteiger partial charge in [0, 0.05) is 0 Å². The number of likely N-dealkylation sites (N-methyl/N-ethyl adjacent to an activating group) is 1. The molecule has 0 fully saturated rings. The van der Waals surface area contributed by atoms with E-state index in [1.165, 1.54) is 13.8 Å². The van der Waals surface area contributed by atoms with E-state index in [0.29, 0.717) is 0 Å². The summed E-state index contributed by atoms with van der Waals surface area (Å²) in [6, 6.07) is 1.10. The van der Waals surface area contributed by atoms with E-state index in [1.807, 2.05) is 0 Å². The van der Waals surface area contributed by atoms with Crippen LogP contribution in [0.15, 0.2) is 6.07 Å². The maximum absolute atomic E-state index is 13.6. The highest BCUT2D eigenvalue weighted by atomic mass is 19.1. The number of halogens is 2. The van der Waals surface area contributed by atoms with Crippen molar-refractivity contribution in [3.63, 3.8) is 0 Å². The lowest BCUT2D eigenvalue weighted by Crippen LogP contribution is -2.21. The summed E-state index contributed by atoms with van der Waals surface area (Å²) in [6.07, 6.45) is 0. The van der Waals surface area contributed by atoms with Gasteiger partial charge in [0.15, 0.2) is 5.78 Å². The lowest BCUT2D eigenvalue weighted by Gasteiger charge is -2.09. The quantitative estimate of drug-likeness (QED) is 0.778. The second-order valence-corrected chi connectivity index (χ2v) is 3.44. The summed E-state index contributed by atoms with van der Waals surface area (Å²) in [5, 5.41) is 2.62. The molecular weight excluding hydrogens is 200 g/mol. The molecule has 1 rings (SSSR count). The normalized spacial score (nSPS) is 10.5. The molecule has 0 amide bonds. The molecule has 1 aromatic carbocycles. The van der Waals surface area contributed by atoms with Crippen LogP contribution in [0.2, 0.25) is 0 Å². The number of ketones is 1. The summed E-state index contributed by atoms with van der Waals surface area (Å²) < 4.78 is 26.9. The fourth-order valence-corrected chi connectivity index (χ4v) is 1.42. The molecule has 0 unspecified atom stereocenters. The van der Waals surface area contributed by atoms with Gasteiger partial charge in [-0.25, -0.2) is 8.78 Å². The summed E-state index contributed by atoms with van der Waals surface area (Å²) in [6.45, 7) is 2.84. The predicted molar refractivity (Wildman–Crippen MR) is 54.1 cm³/mol. The highest BCUT2D eigenvalue weighted by Gasteiger charge is 2.18. The number of hydrogen-bond donors (Lipinski definition) is 1. The van der Waals surface area contributed by atoms with E-state index in [2.05, 4.69) is 5.32 Å². The zero-order chi connectivity index (χ0) is 11.6. The number of Topliss-reactive ketones (excluding diaryl/α,β-unsaturated/α-hetero) is 1. The van der Waals surface area contributed by atoms with E-state index in [0.717, 1.165) is 6.07 Å². The largest absolute Gasteiger partial charge is 0.313 e. The van der Waals surface area contributed by atoms with Crippen molar-refractivity contribution in [1.82, 2.24) is 5.32 Å². The number of carbonyl (C=O) groups is 1. The molecule has 15 heavy (non-hydrogen) atoms. The van der Waals surface area contributed by atoms with Crippen molar-refractivity contribution in [2.45, 2.75) is 13.8 Å². The zero-order valence-corrected chi connectivity index (χ0v) is 8.95. The Morgan fingerprint density at radius 1 is 1.40 bits per heavy atom. The van der Waals surface area contributed by atoms with Gasteiger partial charge in [-0.1, -0.05) is 0 Å². The Labute approximate surface area is 87.3 Å². The van der Waals surface area contributed by atoms with Crippen LogP contribution in [-0.2, 0) is 0 Å². The first kappa shape index (κ1) is 11.8. The van der Waals surface area contributed by atoms with E-state index < -0.39 is 17.4 Å². The lowest BCUT2D eigenvalue weighted by molar-refractivity contribution is 0.0988. The molecule has 0 aliphatic carbocycles. The van der Waals surface area contributed by atoms with Crippen LogP contribution in [0.4, 0.5) is 8.78 Å². The van der Waals surface area contributed by atoms with E-state index in [1.54, 1.807) is 7.05 Å². The van der Waals surface area contributed by atoms with E-state index in [4.69, 9.17) is 0 Å². The van der Waals surface area contributed by atoms with Crippen LogP contribution in [0.1, 0.15) is 21.5 Å². The van der Waals surface area contributed by atoms with Gasteiger partial charge in [-0.2, -0.15) is 0 Å². The molecule has 2 nitrogen and oxygen atoms in total. The Morgan fingerprint density at radius 2 is 2.00 bits per heavy atom. The van der Waals surface area contributed by atoms with Gasteiger partial charge in [0.1, 0.15) is 11.6 Å². The average molecular weight is 213 g/mol. The van der Waals surface area contributed by atoms with Gasteiger partial charge < -0.3 is 5.32 Å². The van der Waals surface area contributed by atoms with Gasteiger partial charge in [-0.3, -0.25) is 4.79 Å². The van der Waals surface area contributed by atoms with Crippen LogP contribution in [0, 0.1) is 25.5 Å². The van der Waals surface area contributed by atoms with Crippen LogP contribution < -0.4 is 5.32 Å². The lowest BCUT2D eigenvalue weighted by atomic mass is 10.00. The first-order valence-corrected chi connectivity index (χ1v) is 4.62. The summed E-state index contributed by atoms with van der Waals surface area (Å²) in [5.74, 6) is -1.61. The molecule has 1 N–H and O–H groups in total. The average Bonchev–Trinajstić information content (AvgIpc) is 2.16. The Kier molecular flexibility index (Phi) is 3.52. The fraction of sp³-hybridized carbons (Fsp3) is 0.364. The Bertz CT molecular complexity index is 376. The second-order valence-electron chi connectivity index (χ2n) is 3.44. The van der Waals surface area contributed by atoms with Crippen molar-refractivity contribution in [3.05, 3.63) is 34.4 Å². The first-order chi connectivity index (χ1) is 6.99. The van der Waals surface area contributed by atoms with Gasteiger partial charge in [0.25, 0.3) is 0 Å². The SMILES string of the molecule is CNCC(=O)c1c(C)c(F)cc(C)c1F. The third kappa shape index (κ3) is 2.21. The van der Waals surface area contributed by atoms with Crippen LogP contribution in [-0.4, -0.2) is 19.4 Å². The number of hydrogen-bond acceptors (Lipinski definition) is 2. The molecule has 0 aliphatic rings. The van der Waals surface area contributed by atoms with Crippen molar-refractivity contribution in [2.75, 3.05) is 13.6 Å². The Hall–Kier alpha value is -1.29. The van der Waals surface area contributed by atoms with Crippen LogP contribution >= 0.6 is 0 Å². The molecule has 0 heterocycles. The summed E-state index contributed by atoms with van der Waals surface area (Å²) in [5.41, 5.74) is 0.0674. The molecule has 0 aromatic heterocycles. The minimum atomic E-state index is -0.630. The van der Waals surface area contributed by atoms with E-state index in [9.17, 15) is 13.6 Å². The van der Waals surface area contributed by atoms with Gasteiger partial charge >= 0.3 is 0 Å². The molecule has 0 radical (unpaired) electrons. The van der Waals surface area contributed by atoms with Gasteiger partial charge in [0.05, 0.1) is 12.1 Å². The van der Waals surface area contributed by atoms with Crippen molar-refractivity contribution in [3.8, 4) is 0 Å². The monoisotopic (exact) mass is 213 g/mol. The first-order valence-electron chi connectivity index (χ1n) is 4.62. The third-order valence-corrected chi connectivity index (χ3v) is 2.26. The van der Waals surface area contributed by atoms with Gasteiger partial charge in [0.2, 0.25) is 0 Å². The predicted octanol–water partition coefficient (Wildman–Crippen LogP) is 1.98. The van der Waals surface area contributed by atoms with Crippen LogP contribution in [0.25, 0.3) is 0 Å². The minimum absolute atomic E-state index is 0.000648. The van der Waals surface area contributed by atoms with E-state index in [-0.39, 0.29) is 23.2 Å². The second kappa shape index (κ2) is 4.49. The molecule has 0 spiro atoms. The van der Waals surface area contributed by atoms with Gasteiger partial charge in [-0.05, 0) is 38.1 Å². The molecule has 0 bridgehead atoms. The van der Waals surface area contributed by atoms with Crippen LogP contribution in [0.3, 0.4) is 0 Å². The topological polar surface area (TPSA) is 29.1 Å². The minimum Gasteiger partial charge on any atom is -0.313 e. The fourth-order valence-electron chi connectivity index (χ4n) is 1.42. The Balaban J connectivity index is 3.32. The van der Waals surface area contributed by atoms with E-state index >= 15 is 0 Å². The highest BCUT2D eigenvalue weighted by molar-refractivity contribution is 5.99. The summed E-state index contributed by atoms with van der Waals surface area (Å²) >= 11 is 0. The number of rotatable bonds is 3. The maximum atomic E-state index is 13.6. The number of aryl methyl sites for hydroxylation is 1. The zero-order valence-electron chi connectivity index (χ0n) is 8.95. The highest BCUT2D eigenvalue weighted by Crippen LogP contribution is 2.20. The molecule has 1 aromatic rings. The molecule has 0 saturated carbocycles. The molecule has 0 aliphatic heterocycles. The molecule has 0 saturated heterocycles.